The molecule has 0 fully saturated rings. The van der Waals surface area contributed by atoms with Crippen LogP contribution in [-0.2, 0) is 13.5 Å². The predicted octanol–water partition coefficient (Wildman–Crippen LogP) is 2.47. The van der Waals surface area contributed by atoms with Crippen molar-refractivity contribution < 1.29 is 0 Å². The van der Waals surface area contributed by atoms with Crippen molar-refractivity contribution in [2.45, 2.75) is 12.5 Å². The quantitative estimate of drug-likeness (QED) is 0.946. The van der Waals surface area contributed by atoms with Gasteiger partial charge < -0.3 is 5.73 Å². The molecule has 0 aliphatic rings. The Hall–Kier alpha value is -0.910. The summed E-state index contributed by atoms with van der Waals surface area (Å²) in [5.74, 6) is 0.861. The van der Waals surface area contributed by atoms with Gasteiger partial charge in [0.15, 0.2) is 0 Å². The summed E-state index contributed by atoms with van der Waals surface area (Å²) in [5, 5.41) is 4.70. The Bertz CT molecular complexity index is 526. The van der Waals surface area contributed by atoms with Gasteiger partial charge in [0.25, 0.3) is 0 Å². The standard InChI is InChI=1S/C11H12BrClN4/c1-17-11(15-6-16-17)5-10(14)8-3-2-7(13)4-9(8)12/h2-4,6,10H,5,14H2,1H3. The number of aryl methyl sites for hydroxylation is 1. The first kappa shape index (κ1) is 12.5. The molecule has 2 rings (SSSR count). The Morgan fingerprint density at radius 3 is 2.88 bits per heavy atom. The van der Waals surface area contributed by atoms with E-state index < -0.39 is 0 Å². The van der Waals surface area contributed by atoms with E-state index in [4.69, 9.17) is 17.3 Å². The number of aromatic nitrogens is 3. The first-order valence-corrected chi connectivity index (χ1v) is 6.28. The van der Waals surface area contributed by atoms with Crippen molar-refractivity contribution in [1.29, 1.82) is 0 Å². The van der Waals surface area contributed by atoms with Crippen LogP contribution in [0.25, 0.3) is 0 Å². The van der Waals surface area contributed by atoms with Crippen molar-refractivity contribution in [3.8, 4) is 0 Å². The third kappa shape index (κ3) is 2.86. The third-order valence-electron chi connectivity index (χ3n) is 2.57. The molecule has 1 heterocycles. The average molecular weight is 316 g/mol. The average Bonchev–Trinajstić information content (AvgIpc) is 2.64. The molecule has 2 aromatic rings. The van der Waals surface area contributed by atoms with E-state index in [2.05, 4.69) is 26.0 Å². The molecule has 1 unspecified atom stereocenters. The molecule has 4 nitrogen and oxygen atoms in total. The van der Waals surface area contributed by atoms with Gasteiger partial charge in [0.05, 0.1) is 0 Å². The lowest BCUT2D eigenvalue weighted by Crippen LogP contribution is -2.16. The number of nitrogens with two attached hydrogens (primary N) is 1. The molecule has 1 atom stereocenters. The third-order valence-corrected chi connectivity index (χ3v) is 3.49. The van der Waals surface area contributed by atoms with Gasteiger partial charge in [0, 0.05) is 29.0 Å². The molecule has 0 amide bonds. The Labute approximate surface area is 113 Å². The van der Waals surface area contributed by atoms with Crippen LogP contribution < -0.4 is 5.73 Å². The lowest BCUT2D eigenvalue weighted by atomic mass is 10.0. The summed E-state index contributed by atoms with van der Waals surface area (Å²) >= 11 is 9.36. The van der Waals surface area contributed by atoms with Gasteiger partial charge in [-0.15, -0.1) is 0 Å². The van der Waals surface area contributed by atoms with Gasteiger partial charge in [-0.05, 0) is 17.7 Å². The second-order valence-corrected chi connectivity index (χ2v) is 5.07. The molecule has 90 valence electrons. The molecule has 0 saturated heterocycles. The van der Waals surface area contributed by atoms with Crippen molar-refractivity contribution >= 4 is 27.5 Å². The summed E-state index contributed by atoms with van der Waals surface area (Å²) in [6.45, 7) is 0. The molecule has 2 N–H and O–H groups in total. The first-order chi connectivity index (χ1) is 8.08. The molecule has 0 spiro atoms. The molecule has 0 saturated carbocycles. The molecule has 0 radical (unpaired) electrons. The van der Waals surface area contributed by atoms with Crippen LogP contribution in [0.2, 0.25) is 5.02 Å². The number of rotatable bonds is 3. The van der Waals surface area contributed by atoms with Crippen molar-refractivity contribution in [3.63, 3.8) is 0 Å². The zero-order valence-corrected chi connectivity index (χ0v) is 11.6. The van der Waals surface area contributed by atoms with Gasteiger partial charge in [0.1, 0.15) is 12.2 Å². The van der Waals surface area contributed by atoms with Gasteiger partial charge >= 0.3 is 0 Å². The molecule has 0 aliphatic carbocycles. The zero-order chi connectivity index (χ0) is 12.4. The highest BCUT2D eigenvalue weighted by Gasteiger charge is 2.13. The summed E-state index contributed by atoms with van der Waals surface area (Å²) < 4.78 is 2.64. The van der Waals surface area contributed by atoms with E-state index in [-0.39, 0.29) is 6.04 Å². The van der Waals surface area contributed by atoms with Gasteiger partial charge in [-0.2, -0.15) is 5.10 Å². The van der Waals surface area contributed by atoms with Crippen LogP contribution in [0.1, 0.15) is 17.4 Å². The van der Waals surface area contributed by atoms with Crippen LogP contribution >= 0.6 is 27.5 Å². The Kier molecular flexibility index (Phi) is 3.81. The smallest absolute Gasteiger partial charge is 0.138 e. The minimum Gasteiger partial charge on any atom is -0.324 e. The molecule has 1 aromatic carbocycles. The van der Waals surface area contributed by atoms with E-state index >= 15 is 0 Å². The SMILES string of the molecule is Cn1ncnc1CC(N)c1ccc(Cl)cc1Br. The monoisotopic (exact) mass is 314 g/mol. The highest BCUT2D eigenvalue weighted by Crippen LogP contribution is 2.26. The highest BCUT2D eigenvalue weighted by atomic mass is 79.9. The van der Waals surface area contributed by atoms with E-state index in [0.717, 1.165) is 15.9 Å². The van der Waals surface area contributed by atoms with Gasteiger partial charge in [-0.1, -0.05) is 33.6 Å². The lowest BCUT2D eigenvalue weighted by Gasteiger charge is -2.13. The second-order valence-electron chi connectivity index (χ2n) is 3.78. The fourth-order valence-electron chi connectivity index (χ4n) is 1.61. The highest BCUT2D eigenvalue weighted by molar-refractivity contribution is 9.10. The molecule has 1 aromatic heterocycles. The fraction of sp³-hybridized carbons (Fsp3) is 0.273. The summed E-state index contributed by atoms with van der Waals surface area (Å²) in [7, 11) is 1.85. The minimum atomic E-state index is -0.135. The molecular weight excluding hydrogens is 304 g/mol. The maximum atomic E-state index is 6.15. The van der Waals surface area contributed by atoms with Crippen LogP contribution in [0.15, 0.2) is 29.0 Å². The largest absolute Gasteiger partial charge is 0.324 e. The van der Waals surface area contributed by atoms with Gasteiger partial charge in [0.2, 0.25) is 0 Å². The summed E-state index contributed by atoms with van der Waals surface area (Å²) in [6.07, 6.45) is 2.16. The van der Waals surface area contributed by atoms with Crippen LogP contribution in [0.3, 0.4) is 0 Å². The van der Waals surface area contributed by atoms with E-state index in [1.54, 1.807) is 4.68 Å². The summed E-state index contributed by atoms with van der Waals surface area (Å²) in [4.78, 5) is 4.16. The summed E-state index contributed by atoms with van der Waals surface area (Å²) in [6, 6.07) is 5.46. The maximum absolute atomic E-state index is 6.15. The van der Waals surface area contributed by atoms with Crippen LogP contribution in [0.4, 0.5) is 0 Å². The Morgan fingerprint density at radius 1 is 1.53 bits per heavy atom. The zero-order valence-electron chi connectivity index (χ0n) is 9.27. The van der Waals surface area contributed by atoms with Crippen molar-refractivity contribution in [2.75, 3.05) is 0 Å². The van der Waals surface area contributed by atoms with Gasteiger partial charge in [-0.3, -0.25) is 4.68 Å². The van der Waals surface area contributed by atoms with Crippen LogP contribution in [-0.4, -0.2) is 14.8 Å². The Balaban J connectivity index is 2.20. The first-order valence-electron chi connectivity index (χ1n) is 5.11. The van der Waals surface area contributed by atoms with Crippen molar-refractivity contribution in [3.05, 3.63) is 45.4 Å². The van der Waals surface area contributed by atoms with Gasteiger partial charge in [-0.25, -0.2) is 4.98 Å². The molecule has 6 heteroatoms. The number of halogens is 2. The van der Waals surface area contributed by atoms with E-state index in [9.17, 15) is 0 Å². The molecular formula is C11H12BrClN4. The maximum Gasteiger partial charge on any atom is 0.138 e. The molecule has 0 bridgehead atoms. The van der Waals surface area contributed by atoms with Crippen LogP contribution in [0.5, 0.6) is 0 Å². The topological polar surface area (TPSA) is 56.7 Å². The number of hydrogen-bond donors (Lipinski definition) is 1. The van der Waals surface area contributed by atoms with E-state index in [0.29, 0.717) is 11.4 Å². The fourth-order valence-corrected chi connectivity index (χ4v) is 2.59. The Morgan fingerprint density at radius 2 is 2.29 bits per heavy atom. The molecule has 17 heavy (non-hydrogen) atoms. The molecule has 0 aliphatic heterocycles. The van der Waals surface area contributed by atoms with Crippen molar-refractivity contribution in [2.24, 2.45) is 12.8 Å². The number of hydrogen-bond acceptors (Lipinski definition) is 3. The number of benzene rings is 1. The normalized spacial score (nSPS) is 12.7. The minimum absolute atomic E-state index is 0.135. The van der Waals surface area contributed by atoms with E-state index in [1.807, 2.05) is 25.2 Å². The van der Waals surface area contributed by atoms with Crippen molar-refractivity contribution in [1.82, 2.24) is 14.8 Å². The lowest BCUT2D eigenvalue weighted by molar-refractivity contribution is 0.628. The predicted molar refractivity (Wildman–Crippen MR) is 70.8 cm³/mol. The summed E-state index contributed by atoms with van der Waals surface area (Å²) in [5.41, 5.74) is 7.16. The number of nitrogens with zero attached hydrogens (tertiary/aromatic N) is 3. The van der Waals surface area contributed by atoms with E-state index in [1.165, 1.54) is 6.33 Å². The van der Waals surface area contributed by atoms with Crippen LogP contribution in [0, 0.1) is 0 Å². The second kappa shape index (κ2) is 5.16.